The highest BCUT2D eigenvalue weighted by Crippen LogP contribution is 2.47. The fraction of sp³-hybridized carbons (Fsp3) is 0.370. The van der Waals surface area contributed by atoms with Gasteiger partial charge in [-0.3, -0.25) is 0 Å². The van der Waals surface area contributed by atoms with Crippen molar-refractivity contribution < 1.29 is 4.58 Å². The summed E-state index contributed by atoms with van der Waals surface area (Å²) in [6, 6.07) is 13.6. The van der Waals surface area contributed by atoms with Gasteiger partial charge in [-0.05, 0) is 51.5 Å². The molecule has 0 aliphatic carbocycles. The van der Waals surface area contributed by atoms with Gasteiger partial charge in [-0.1, -0.05) is 49.2 Å². The van der Waals surface area contributed by atoms with Crippen LogP contribution in [0, 0.1) is 13.8 Å². The highest BCUT2D eigenvalue weighted by Gasteiger charge is 2.43. The number of likely N-dealkylation sites (N-methyl/N-ethyl adjacent to an activating group) is 1. The van der Waals surface area contributed by atoms with Gasteiger partial charge in [-0.25, -0.2) is 0 Å². The summed E-state index contributed by atoms with van der Waals surface area (Å²) in [5.74, 6) is 0. The first-order valence-corrected chi connectivity index (χ1v) is 10.5. The minimum atomic E-state index is 0.00226. The van der Waals surface area contributed by atoms with E-state index in [1.165, 1.54) is 45.0 Å². The third kappa shape index (κ3) is 2.88. The average molecular weight is 386 g/mol. The van der Waals surface area contributed by atoms with Gasteiger partial charge in [0.25, 0.3) is 0 Å². The molecule has 0 bridgehead atoms. The molecule has 2 heteroatoms. The van der Waals surface area contributed by atoms with Crippen LogP contribution >= 0.6 is 0 Å². The topological polar surface area (TPSA) is 6.25 Å². The molecule has 0 radical (unpaired) electrons. The molecule has 0 aromatic heterocycles. The summed E-state index contributed by atoms with van der Waals surface area (Å²) in [6.45, 7) is 13.6. The molecule has 2 heterocycles. The molecule has 2 aliphatic rings. The zero-order valence-electron chi connectivity index (χ0n) is 19.1. The van der Waals surface area contributed by atoms with Crippen LogP contribution < -0.4 is 4.90 Å². The Hall–Kier alpha value is -2.61. The molecule has 2 nitrogen and oxygen atoms in total. The summed E-state index contributed by atoms with van der Waals surface area (Å²) in [6.07, 6.45) is 6.82. The SMILES string of the molecule is Cc1ccc2c(c1)C(C)(C)C(/C=C/C=C1/N(C)c3ccc(C)cc3C1(C)C)=[N+]2C. The van der Waals surface area contributed by atoms with Crippen molar-refractivity contribution in [1.82, 2.24) is 0 Å². The van der Waals surface area contributed by atoms with Gasteiger partial charge >= 0.3 is 0 Å². The van der Waals surface area contributed by atoms with Crippen LogP contribution in [0.25, 0.3) is 0 Å². The van der Waals surface area contributed by atoms with Crippen LogP contribution in [0.15, 0.2) is 60.3 Å². The third-order valence-corrected chi connectivity index (χ3v) is 6.89. The first-order chi connectivity index (χ1) is 13.5. The van der Waals surface area contributed by atoms with E-state index in [-0.39, 0.29) is 10.8 Å². The van der Waals surface area contributed by atoms with Gasteiger partial charge in [0.2, 0.25) is 5.69 Å². The molecule has 0 atom stereocenters. The van der Waals surface area contributed by atoms with E-state index in [4.69, 9.17) is 0 Å². The Morgan fingerprint density at radius 2 is 1.48 bits per heavy atom. The second kappa shape index (κ2) is 6.45. The molecule has 0 unspecified atom stereocenters. The molecule has 0 N–H and O–H groups in total. The van der Waals surface area contributed by atoms with E-state index in [9.17, 15) is 0 Å². The van der Waals surface area contributed by atoms with Crippen LogP contribution in [-0.4, -0.2) is 24.4 Å². The second-order valence-corrected chi connectivity index (χ2v) is 9.71. The van der Waals surface area contributed by atoms with Gasteiger partial charge in [0.1, 0.15) is 7.05 Å². The minimum Gasteiger partial charge on any atom is -0.347 e. The van der Waals surface area contributed by atoms with Crippen LogP contribution in [0.3, 0.4) is 0 Å². The lowest BCUT2D eigenvalue weighted by Crippen LogP contribution is -2.26. The minimum absolute atomic E-state index is 0.00226. The molecule has 0 spiro atoms. The zero-order chi connectivity index (χ0) is 21.1. The van der Waals surface area contributed by atoms with Crippen molar-refractivity contribution in [3.8, 4) is 0 Å². The molecule has 0 saturated heterocycles. The van der Waals surface area contributed by atoms with Gasteiger partial charge < -0.3 is 4.90 Å². The van der Waals surface area contributed by atoms with E-state index in [0.29, 0.717) is 0 Å². The number of nitrogens with zero attached hydrogens (tertiary/aromatic N) is 2. The van der Waals surface area contributed by atoms with Crippen molar-refractivity contribution in [2.75, 3.05) is 19.0 Å². The van der Waals surface area contributed by atoms with Crippen molar-refractivity contribution in [1.29, 1.82) is 0 Å². The number of fused-ring (bicyclic) bond motifs is 2. The van der Waals surface area contributed by atoms with Crippen LogP contribution in [0.2, 0.25) is 0 Å². The fourth-order valence-electron chi connectivity index (χ4n) is 5.13. The lowest BCUT2D eigenvalue weighted by atomic mass is 9.80. The van der Waals surface area contributed by atoms with Gasteiger partial charge in [0.15, 0.2) is 5.71 Å². The maximum Gasteiger partial charge on any atom is 0.209 e. The van der Waals surface area contributed by atoms with Crippen molar-refractivity contribution in [3.05, 3.63) is 82.6 Å². The van der Waals surface area contributed by atoms with Crippen molar-refractivity contribution >= 4 is 17.1 Å². The number of hydrogen-bond donors (Lipinski definition) is 0. The van der Waals surface area contributed by atoms with Gasteiger partial charge in [0, 0.05) is 41.6 Å². The lowest BCUT2D eigenvalue weighted by Gasteiger charge is -2.23. The quantitative estimate of drug-likeness (QED) is 0.560. The number of benzene rings is 2. The number of anilines is 1. The first-order valence-electron chi connectivity index (χ1n) is 10.5. The van der Waals surface area contributed by atoms with Crippen molar-refractivity contribution in [2.45, 2.75) is 52.4 Å². The van der Waals surface area contributed by atoms with Crippen LogP contribution in [0.5, 0.6) is 0 Å². The highest BCUT2D eigenvalue weighted by molar-refractivity contribution is 6.03. The van der Waals surface area contributed by atoms with E-state index in [2.05, 4.69) is 120 Å². The predicted molar refractivity (Wildman–Crippen MR) is 125 cm³/mol. The fourth-order valence-corrected chi connectivity index (χ4v) is 5.13. The zero-order valence-corrected chi connectivity index (χ0v) is 19.1. The van der Waals surface area contributed by atoms with E-state index in [0.717, 1.165) is 0 Å². The monoisotopic (exact) mass is 385 g/mol. The van der Waals surface area contributed by atoms with E-state index >= 15 is 0 Å². The molecule has 2 aliphatic heterocycles. The summed E-state index contributed by atoms with van der Waals surface area (Å²) >= 11 is 0. The Morgan fingerprint density at radius 1 is 0.862 bits per heavy atom. The molecule has 0 saturated carbocycles. The van der Waals surface area contributed by atoms with Crippen molar-refractivity contribution in [3.63, 3.8) is 0 Å². The normalized spacial score (nSPS) is 20.7. The molecule has 2 aromatic rings. The van der Waals surface area contributed by atoms with Gasteiger partial charge in [0.05, 0.1) is 5.41 Å². The Morgan fingerprint density at radius 3 is 2.17 bits per heavy atom. The summed E-state index contributed by atoms with van der Waals surface area (Å²) in [7, 11) is 4.36. The first kappa shape index (κ1) is 19.7. The van der Waals surface area contributed by atoms with E-state index < -0.39 is 0 Å². The largest absolute Gasteiger partial charge is 0.347 e. The maximum atomic E-state index is 2.34. The molecular formula is C27H33N2+. The molecule has 0 amide bonds. The summed E-state index contributed by atoms with van der Waals surface area (Å²) in [4.78, 5) is 2.34. The van der Waals surface area contributed by atoms with Gasteiger partial charge in [-0.2, -0.15) is 4.58 Å². The van der Waals surface area contributed by atoms with Crippen LogP contribution in [0.4, 0.5) is 11.4 Å². The van der Waals surface area contributed by atoms with Crippen molar-refractivity contribution in [2.24, 2.45) is 0 Å². The summed E-state index contributed by atoms with van der Waals surface area (Å²) < 4.78 is 2.34. The molecule has 4 rings (SSSR count). The Balaban J connectivity index is 1.71. The Bertz CT molecular complexity index is 1090. The molecule has 29 heavy (non-hydrogen) atoms. The number of hydrogen-bond acceptors (Lipinski definition) is 1. The van der Waals surface area contributed by atoms with Crippen LogP contribution in [0.1, 0.15) is 49.9 Å². The summed E-state index contributed by atoms with van der Waals surface area (Å²) in [5, 5.41) is 0. The third-order valence-electron chi connectivity index (χ3n) is 6.89. The Labute approximate surface area is 175 Å². The smallest absolute Gasteiger partial charge is 0.209 e. The van der Waals surface area contributed by atoms with E-state index in [1.54, 1.807) is 0 Å². The molecular weight excluding hydrogens is 352 g/mol. The lowest BCUT2D eigenvalue weighted by molar-refractivity contribution is -0.401. The highest BCUT2D eigenvalue weighted by atomic mass is 15.2. The molecule has 2 aromatic carbocycles. The second-order valence-electron chi connectivity index (χ2n) is 9.71. The summed E-state index contributed by atoms with van der Waals surface area (Å²) in [5.41, 5.74) is 10.8. The average Bonchev–Trinajstić information content (AvgIpc) is 2.95. The molecule has 0 fully saturated rings. The van der Waals surface area contributed by atoms with E-state index in [1.807, 2.05) is 0 Å². The van der Waals surface area contributed by atoms with Gasteiger partial charge in [-0.15, -0.1) is 0 Å². The Kier molecular flexibility index (Phi) is 4.38. The molecule has 150 valence electrons. The maximum absolute atomic E-state index is 2.34. The number of allylic oxidation sites excluding steroid dienone is 4. The predicted octanol–water partition coefficient (Wildman–Crippen LogP) is 6.18. The standard InChI is InChI=1S/C27H33N2/c1-18-12-14-22-20(16-18)26(3,4)24(28(22)7)10-9-11-25-27(5,6)21-17-19(2)13-15-23(21)29(25)8/h9-17H,1-8H3/q+1. The number of rotatable bonds is 2. The van der Waals surface area contributed by atoms with Crippen LogP contribution in [-0.2, 0) is 10.8 Å². The number of aryl methyl sites for hydroxylation is 2.